The van der Waals surface area contributed by atoms with Gasteiger partial charge in [-0.05, 0) is 38.0 Å². The summed E-state index contributed by atoms with van der Waals surface area (Å²) in [6.45, 7) is 7.57. The van der Waals surface area contributed by atoms with Gasteiger partial charge < -0.3 is 4.74 Å². The van der Waals surface area contributed by atoms with E-state index in [4.69, 9.17) is 4.74 Å². The van der Waals surface area contributed by atoms with Crippen LogP contribution in [-0.2, 0) is 9.53 Å². The monoisotopic (exact) mass is 759 g/mol. The summed E-state index contributed by atoms with van der Waals surface area (Å²) >= 11 is 0. The van der Waals surface area contributed by atoms with Crippen molar-refractivity contribution < 1.29 is 9.53 Å². The van der Waals surface area contributed by atoms with Gasteiger partial charge in [0.25, 0.3) is 0 Å². The van der Waals surface area contributed by atoms with Crippen LogP contribution in [0.4, 0.5) is 0 Å². The third-order valence-electron chi connectivity index (χ3n) is 11.8. The van der Waals surface area contributed by atoms with Gasteiger partial charge in [0.15, 0.2) is 0 Å². The summed E-state index contributed by atoms with van der Waals surface area (Å²) in [5, 5.41) is 0. The van der Waals surface area contributed by atoms with Gasteiger partial charge in [0.1, 0.15) is 0 Å². The molecule has 2 heteroatoms. The Hall–Kier alpha value is -0.790. The van der Waals surface area contributed by atoms with Crippen molar-refractivity contribution in [2.75, 3.05) is 6.61 Å². The van der Waals surface area contributed by atoms with Gasteiger partial charge in [0.05, 0.1) is 6.61 Å². The number of unbranched alkanes of at least 4 members (excludes halogenated alkanes) is 39. The van der Waals surface area contributed by atoms with Gasteiger partial charge in [-0.3, -0.25) is 4.79 Å². The first-order valence-electron chi connectivity index (χ1n) is 25.5. The quantitative estimate of drug-likeness (QED) is 0.0351. The Morgan fingerprint density at radius 3 is 0.981 bits per heavy atom. The first-order chi connectivity index (χ1) is 26.7. The highest BCUT2D eigenvalue weighted by Crippen LogP contribution is 2.18. The van der Waals surface area contributed by atoms with Crippen LogP contribution < -0.4 is 0 Å². The van der Waals surface area contributed by atoms with Gasteiger partial charge >= 0.3 is 5.97 Å². The molecule has 0 saturated heterocycles. The predicted octanol–water partition coefficient (Wildman–Crippen LogP) is 18.9. The number of carbonyl (C=O) groups is 1. The molecule has 0 spiro atoms. The molecule has 0 fully saturated rings. The van der Waals surface area contributed by atoms with Crippen LogP contribution in [0, 0.1) is 5.92 Å². The van der Waals surface area contributed by atoms with Crippen LogP contribution in [0.1, 0.15) is 303 Å². The van der Waals surface area contributed by atoms with Crippen molar-refractivity contribution in [2.45, 2.75) is 303 Å². The molecule has 0 heterocycles. The van der Waals surface area contributed by atoms with Crippen LogP contribution in [-0.4, -0.2) is 12.6 Å². The molecule has 0 aromatic heterocycles. The molecule has 0 atom stereocenters. The fourth-order valence-corrected chi connectivity index (χ4v) is 8.01. The Kier molecular flexibility index (Phi) is 47.7. The Bertz CT molecular complexity index is 711. The summed E-state index contributed by atoms with van der Waals surface area (Å²) in [5.74, 6) is 0.908. The van der Waals surface area contributed by atoms with E-state index in [2.05, 4.69) is 32.9 Å². The van der Waals surface area contributed by atoms with Crippen molar-refractivity contribution >= 4 is 5.97 Å². The predicted molar refractivity (Wildman–Crippen MR) is 244 cm³/mol. The second-order valence-electron chi connectivity index (χ2n) is 18.0. The molecule has 322 valence electrons. The number of ether oxygens (including phenoxy) is 1. The van der Waals surface area contributed by atoms with Gasteiger partial charge in [-0.25, -0.2) is 0 Å². The third kappa shape index (κ3) is 49.2. The average molecular weight is 759 g/mol. The van der Waals surface area contributed by atoms with Crippen molar-refractivity contribution in [2.24, 2.45) is 5.92 Å². The lowest BCUT2D eigenvalue weighted by atomic mass is 10.0. The number of hydrogen-bond donors (Lipinski definition) is 0. The topological polar surface area (TPSA) is 26.3 Å². The summed E-state index contributed by atoms with van der Waals surface area (Å²) in [5.41, 5.74) is 0. The Morgan fingerprint density at radius 2 is 0.648 bits per heavy atom. The first-order valence-corrected chi connectivity index (χ1v) is 25.5. The van der Waals surface area contributed by atoms with E-state index in [9.17, 15) is 4.79 Å². The van der Waals surface area contributed by atoms with Gasteiger partial charge in [0, 0.05) is 6.42 Å². The van der Waals surface area contributed by atoms with E-state index in [1.807, 2.05) is 0 Å². The van der Waals surface area contributed by atoms with Crippen LogP contribution in [0.2, 0.25) is 0 Å². The maximum absolute atomic E-state index is 12.0. The zero-order chi connectivity index (χ0) is 39.1. The minimum absolute atomic E-state index is 0.0184. The van der Waals surface area contributed by atoms with E-state index in [0.29, 0.717) is 13.0 Å². The summed E-state index contributed by atoms with van der Waals surface area (Å²) in [4.78, 5) is 12.0. The second-order valence-corrected chi connectivity index (χ2v) is 18.0. The van der Waals surface area contributed by atoms with Crippen molar-refractivity contribution in [3.05, 3.63) is 12.2 Å². The van der Waals surface area contributed by atoms with E-state index in [-0.39, 0.29) is 5.97 Å². The number of rotatable bonds is 47. The van der Waals surface area contributed by atoms with Crippen LogP contribution in [0.15, 0.2) is 12.2 Å². The first kappa shape index (κ1) is 53.2. The van der Waals surface area contributed by atoms with Gasteiger partial charge in [-0.15, -0.1) is 0 Å². The number of carbonyl (C=O) groups excluding carboxylic acids is 1. The minimum atomic E-state index is 0.0184. The highest BCUT2D eigenvalue weighted by molar-refractivity contribution is 5.69. The molecule has 0 rings (SSSR count). The Morgan fingerprint density at radius 1 is 0.370 bits per heavy atom. The molecule has 0 bridgehead atoms. The SMILES string of the molecule is CCCC/C=C\CCCCCCCC(=O)OCCCCCCCCCCCCCCCCCCCCCCCCCCCCCCCCCCCC(C)C. The van der Waals surface area contributed by atoms with E-state index in [0.717, 1.165) is 25.2 Å². The summed E-state index contributed by atoms with van der Waals surface area (Å²) in [6, 6.07) is 0. The van der Waals surface area contributed by atoms with Crippen LogP contribution in [0.3, 0.4) is 0 Å². The van der Waals surface area contributed by atoms with Crippen LogP contribution in [0.25, 0.3) is 0 Å². The third-order valence-corrected chi connectivity index (χ3v) is 11.8. The molecule has 0 aliphatic carbocycles. The summed E-state index contributed by atoms with van der Waals surface area (Å²) in [6.07, 6.45) is 65.1. The normalized spacial score (nSPS) is 11.8. The fraction of sp³-hybridized carbons (Fsp3) is 0.942. The molecule has 54 heavy (non-hydrogen) atoms. The van der Waals surface area contributed by atoms with Crippen molar-refractivity contribution in [1.29, 1.82) is 0 Å². The fourth-order valence-electron chi connectivity index (χ4n) is 8.01. The maximum atomic E-state index is 12.0. The Labute approximate surface area is 342 Å². The molecule has 0 radical (unpaired) electrons. The van der Waals surface area contributed by atoms with Crippen molar-refractivity contribution in [3.8, 4) is 0 Å². The Balaban J connectivity index is 3.13. The number of hydrogen-bond acceptors (Lipinski definition) is 2. The largest absolute Gasteiger partial charge is 0.466 e. The summed E-state index contributed by atoms with van der Waals surface area (Å²) in [7, 11) is 0. The highest BCUT2D eigenvalue weighted by atomic mass is 16.5. The molecular weight excluding hydrogens is 657 g/mol. The molecule has 0 saturated carbocycles. The highest BCUT2D eigenvalue weighted by Gasteiger charge is 2.03. The molecular formula is C52H102O2. The molecule has 0 aliphatic heterocycles. The van der Waals surface area contributed by atoms with E-state index in [1.165, 1.54) is 257 Å². The van der Waals surface area contributed by atoms with Gasteiger partial charge in [0.2, 0.25) is 0 Å². The average Bonchev–Trinajstić information content (AvgIpc) is 3.16. The molecule has 0 amide bonds. The lowest BCUT2D eigenvalue weighted by molar-refractivity contribution is -0.143. The lowest BCUT2D eigenvalue weighted by Gasteiger charge is -2.06. The maximum Gasteiger partial charge on any atom is 0.305 e. The van der Waals surface area contributed by atoms with E-state index < -0.39 is 0 Å². The second kappa shape index (κ2) is 48.4. The van der Waals surface area contributed by atoms with Gasteiger partial charge in [-0.1, -0.05) is 277 Å². The molecule has 2 nitrogen and oxygen atoms in total. The van der Waals surface area contributed by atoms with Gasteiger partial charge in [-0.2, -0.15) is 0 Å². The standard InChI is InChI=1S/C52H102O2/c1-4-5-6-7-8-9-33-37-40-43-46-49-52(53)54-50-47-44-41-38-35-32-30-28-26-24-22-20-18-16-14-12-10-11-13-15-17-19-21-23-25-27-29-31-34-36-39-42-45-48-51(2)3/h7-8,51H,4-6,9-50H2,1-3H3/b8-7-. The molecule has 0 unspecified atom stereocenters. The summed E-state index contributed by atoms with van der Waals surface area (Å²) < 4.78 is 5.46. The van der Waals surface area contributed by atoms with E-state index in [1.54, 1.807) is 0 Å². The van der Waals surface area contributed by atoms with Crippen LogP contribution in [0.5, 0.6) is 0 Å². The lowest BCUT2D eigenvalue weighted by Crippen LogP contribution is -2.05. The number of allylic oxidation sites excluding steroid dienone is 2. The molecule has 0 aromatic carbocycles. The van der Waals surface area contributed by atoms with Crippen molar-refractivity contribution in [1.82, 2.24) is 0 Å². The zero-order valence-corrected chi connectivity index (χ0v) is 37.9. The molecule has 0 N–H and O–H groups in total. The van der Waals surface area contributed by atoms with E-state index >= 15 is 0 Å². The smallest absolute Gasteiger partial charge is 0.305 e. The van der Waals surface area contributed by atoms with Crippen molar-refractivity contribution in [3.63, 3.8) is 0 Å². The molecule has 0 aliphatic rings. The zero-order valence-electron chi connectivity index (χ0n) is 37.9. The molecule has 0 aromatic rings. The van der Waals surface area contributed by atoms with Crippen LogP contribution >= 0.6 is 0 Å². The number of esters is 1. The minimum Gasteiger partial charge on any atom is -0.466 e.